The van der Waals surface area contributed by atoms with Gasteiger partial charge < -0.3 is 14.8 Å². The van der Waals surface area contributed by atoms with Crippen LogP contribution >= 0.6 is 0 Å². The summed E-state index contributed by atoms with van der Waals surface area (Å²) < 4.78 is 10.8. The second-order valence-electron chi connectivity index (χ2n) is 7.21. The molecule has 0 saturated carbocycles. The van der Waals surface area contributed by atoms with Crippen molar-refractivity contribution in [1.29, 1.82) is 0 Å². The molecule has 0 fully saturated rings. The van der Waals surface area contributed by atoms with Gasteiger partial charge in [-0.2, -0.15) is 0 Å². The topological polar surface area (TPSA) is 84.9 Å². The molecular weight excluding hydrogens is 420 g/mol. The van der Waals surface area contributed by atoms with E-state index in [1.54, 1.807) is 73.8 Å². The van der Waals surface area contributed by atoms with Crippen molar-refractivity contribution in [3.63, 3.8) is 0 Å². The van der Waals surface area contributed by atoms with Crippen LogP contribution in [0.15, 0.2) is 72.8 Å². The molecule has 1 aliphatic heterocycles. The predicted octanol–water partition coefficient (Wildman–Crippen LogP) is 4.55. The molecule has 3 aromatic rings. The van der Waals surface area contributed by atoms with Crippen LogP contribution in [-0.4, -0.2) is 31.4 Å². The number of amides is 3. The van der Waals surface area contributed by atoms with Gasteiger partial charge in [-0.3, -0.25) is 14.4 Å². The number of carbonyl (C=O) groups is 3. The number of nitrogens with one attached hydrogen (secondary N) is 1. The van der Waals surface area contributed by atoms with Crippen LogP contribution in [0.25, 0.3) is 6.08 Å². The van der Waals surface area contributed by atoms with E-state index in [9.17, 15) is 14.4 Å². The van der Waals surface area contributed by atoms with Gasteiger partial charge in [0.25, 0.3) is 11.8 Å². The molecule has 1 heterocycles. The molecule has 0 saturated heterocycles. The van der Waals surface area contributed by atoms with Gasteiger partial charge in [0.15, 0.2) is 11.5 Å². The molecule has 33 heavy (non-hydrogen) atoms. The zero-order valence-electron chi connectivity index (χ0n) is 18.2. The van der Waals surface area contributed by atoms with Crippen LogP contribution in [-0.2, 0) is 4.79 Å². The number of methoxy groups -OCH3 is 1. The van der Waals surface area contributed by atoms with Gasteiger partial charge in [0.2, 0.25) is 5.91 Å². The SMILES string of the molecule is CCOc1ccc(/C=C/C(=O)Nc2cccc(N3C(=O)c4ccccc4C3=O)c2)cc1OC. The Labute approximate surface area is 191 Å². The fourth-order valence-corrected chi connectivity index (χ4v) is 3.56. The van der Waals surface area contributed by atoms with Crippen LogP contribution in [0.2, 0.25) is 0 Å². The van der Waals surface area contributed by atoms with Crippen molar-refractivity contribution in [1.82, 2.24) is 0 Å². The number of hydrogen-bond donors (Lipinski definition) is 1. The lowest BCUT2D eigenvalue weighted by Gasteiger charge is -2.15. The van der Waals surface area contributed by atoms with Crippen LogP contribution in [0.1, 0.15) is 33.2 Å². The third-order valence-corrected chi connectivity index (χ3v) is 5.08. The second-order valence-corrected chi connectivity index (χ2v) is 7.21. The van der Waals surface area contributed by atoms with Gasteiger partial charge in [-0.15, -0.1) is 0 Å². The number of carbonyl (C=O) groups excluding carboxylic acids is 3. The highest BCUT2D eigenvalue weighted by Gasteiger charge is 2.36. The first-order valence-electron chi connectivity index (χ1n) is 10.4. The van der Waals surface area contributed by atoms with Gasteiger partial charge in [-0.05, 0) is 61.0 Å². The summed E-state index contributed by atoms with van der Waals surface area (Å²) in [6.07, 6.45) is 3.05. The van der Waals surface area contributed by atoms with Crippen molar-refractivity contribution in [2.75, 3.05) is 23.9 Å². The van der Waals surface area contributed by atoms with Crippen molar-refractivity contribution in [3.05, 3.63) is 89.5 Å². The normalized spacial score (nSPS) is 12.7. The standard InChI is InChI=1S/C26H22N2O5/c1-3-33-22-13-11-17(15-23(22)32-2)12-14-24(29)27-18-7-6-8-19(16-18)28-25(30)20-9-4-5-10-21(20)26(28)31/h4-16H,3H2,1-2H3,(H,27,29)/b14-12+. The third kappa shape index (κ3) is 4.48. The van der Waals surface area contributed by atoms with E-state index in [1.807, 2.05) is 13.0 Å². The van der Waals surface area contributed by atoms with Crippen molar-refractivity contribution >= 4 is 35.2 Å². The Bertz CT molecular complexity index is 1230. The largest absolute Gasteiger partial charge is 0.493 e. The van der Waals surface area contributed by atoms with E-state index in [2.05, 4.69) is 5.32 Å². The van der Waals surface area contributed by atoms with Gasteiger partial charge in [-0.25, -0.2) is 4.90 Å². The van der Waals surface area contributed by atoms with E-state index in [0.717, 1.165) is 10.5 Å². The maximum absolute atomic E-state index is 12.7. The average Bonchev–Trinajstić information content (AvgIpc) is 3.09. The molecule has 0 spiro atoms. The van der Waals surface area contributed by atoms with Gasteiger partial charge in [0, 0.05) is 11.8 Å². The summed E-state index contributed by atoms with van der Waals surface area (Å²) in [5.74, 6) is 0.0776. The molecule has 7 heteroatoms. The highest BCUT2D eigenvalue weighted by atomic mass is 16.5. The molecule has 0 aromatic heterocycles. The van der Waals surface area contributed by atoms with Gasteiger partial charge >= 0.3 is 0 Å². The van der Waals surface area contributed by atoms with Gasteiger partial charge in [-0.1, -0.05) is 24.3 Å². The molecule has 3 aromatic carbocycles. The smallest absolute Gasteiger partial charge is 0.266 e. The molecule has 0 radical (unpaired) electrons. The van der Waals surface area contributed by atoms with Crippen molar-refractivity contribution in [2.24, 2.45) is 0 Å². The summed E-state index contributed by atoms with van der Waals surface area (Å²) in [6, 6.07) is 18.7. The Hall–Kier alpha value is -4.39. The number of ether oxygens (including phenoxy) is 2. The van der Waals surface area contributed by atoms with E-state index >= 15 is 0 Å². The van der Waals surface area contributed by atoms with E-state index in [-0.39, 0.29) is 17.7 Å². The van der Waals surface area contributed by atoms with E-state index in [1.165, 1.54) is 6.08 Å². The first-order chi connectivity index (χ1) is 16.0. The Morgan fingerprint density at radius 3 is 2.33 bits per heavy atom. The van der Waals surface area contributed by atoms with E-state index < -0.39 is 0 Å². The first-order valence-corrected chi connectivity index (χ1v) is 10.4. The van der Waals surface area contributed by atoms with Crippen LogP contribution in [0.3, 0.4) is 0 Å². The highest BCUT2D eigenvalue weighted by Crippen LogP contribution is 2.30. The number of rotatable bonds is 7. The quantitative estimate of drug-likeness (QED) is 0.429. The van der Waals surface area contributed by atoms with Crippen LogP contribution in [0.4, 0.5) is 11.4 Å². The Morgan fingerprint density at radius 1 is 0.939 bits per heavy atom. The summed E-state index contributed by atoms with van der Waals surface area (Å²) in [6.45, 7) is 2.41. The Kier molecular flexibility index (Phi) is 6.22. The third-order valence-electron chi connectivity index (χ3n) is 5.08. The summed E-state index contributed by atoms with van der Waals surface area (Å²) in [5.41, 5.74) is 2.35. The van der Waals surface area contributed by atoms with E-state index in [0.29, 0.717) is 40.6 Å². The second kappa shape index (κ2) is 9.40. The lowest BCUT2D eigenvalue weighted by Crippen LogP contribution is -2.29. The lowest BCUT2D eigenvalue weighted by atomic mass is 10.1. The molecule has 166 valence electrons. The molecule has 4 rings (SSSR count). The van der Waals surface area contributed by atoms with Crippen LogP contribution in [0.5, 0.6) is 11.5 Å². The monoisotopic (exact) mass is 442 g/mol. The number of nitrogens with zero attached hydrogens (tertiary/aromatic N) is 1. The predicted molar refractivity (Wildman–Crippen MR) is 126 cm³/mol. The maximum atomic E-state index is 12.7. The highest BCUT2D eigenvalue weighted by molar-refractivity contribution is 6.34. The minimum Gasteiger partial charge on any atom is -0.493 e. The molecule has 1 N–H and O–H groups in total. The number of anilines is 2. The Morgan fingerprint density at radius 2 is 1.67 bits per heavy atom. The van der Waals surface area contributed by atoms with Crippen molar-refractivity contribution in [3.8, 4) is 11.5 Å². The zero-order chi connectivity index (χ0) is 23.4. The zero-order valence-corrected chi connectivity index (χ0v) is 18.2. The summed E-state index contributed by atoms with van der Waals surface area (Å²) in [5, 5.41) is 2.76. The summed E-state index contributed by atoms with van der Waals surface area (Å²) in [4.78, 5) is 39.0. The number of hydrogen-bond acceptors (Lipinski definition) is 5. The van der Waals surface area contributed by atoms with E-state index in [4.69, 9.17) is 9.47 Å². The number of fused-ring (bicyclic) bond motifs is 1. The van der Waals surface area contributed by atoms with Crippen molar-refractivity contribution < 1.29 is 23.9 Å². The molecule has 3 amide bonds. The summed E-state index contributed by atoms with van der Waals surface area (Å²) in [7, 11) is 1.55. The van der Waals surface area contributed by atoms with Crippen molar-refractivity contribution in [2.45, 2.75) is 6.92 Å². The molecule has 0 aliphatic carbocycles. The average molecular weight is 442 g/mol. The van der Waals surface area contributed by atoms with Gasteiger partial charge in [0.05, 0.1) is 30.5 Å². The van der Waals surface area contributed by atoms with Gasteiger partial charge in [0.1, 0.15) is 0 Å². The number of benzene rings is 3. The minimum atomic E-state index is -0.386. The minimum absolute atomic E-state index is 0.359. The number of imide groups is 1. The first kappa shape index (κ1) is 21.8. The molecule has 0 unspecified atom stereocenters. The maximum Gasteiger partial charge on any atom is 0.266 e. The van der Waals surface area contributed by atoms with Crippen LogP contribution < -0.4 is 19.7 Å². The fraction of sp³-hybridized carbons (Fsp3) is 0.115. The molecular formula is C26H22N2O5. The molecule has 0 atom stereocenters. The molecule has 1 aliphatic rings. The molecule has 0 bridgehead atoms. The van der Waals surface area contributed by atoms with Crippen LogP contribution in [0, 0.1) is 0 Å². The summed E-state index contributed by atoms with van der Waals surface area (Å²) >= 11 is 0. The molecule has 7 nitrogen and oxygen atoms in total. The lowest BCUT2D eigenvalue weighted by molar-refractivity contribution is -0.111. The Balaban J connectivity index is 1.48. The fourth-order valence-electron chi connectivity index (χ4n) is 3.56.